The third kappa shape index (κ3) is 3.29. The molecule has 4 aliphatic carbocycles. The van der Waals surface area contributed by atoms with Gasteiger partial charge in [-0.25, -0.2) is 0 Å². The van der Waals surface area contributed by atoms with Crippen molar-refractivity contribution in [1.82, 2.24) is 15.5 Å². The van der Waals surface area contributed by atoms with Crippen molar-refractivity contribution in [3.8, 4) is 6.07 Å². The molecule has 1 amide bonds. The predicted molar refractivity (Wildman–Crippen MR) is 96.3 cm³/mol. The van der Waals surface area contributed by atoms with Crippen LogP contribution in [-0.2, 0) is 4.79 Å². The topological polar surface area (TPSA) is 68.2 Å². The molecule has 1 aliphatic heterocycles. The first-order chi connectivity index (χ1) is 12.1. The lowest BCUT2D eigenvalue weighted by Gasteiger charge is -2.59. The smallest absolute Gasteiger partial charge is 0.263 e. The maximum Gasteiger partial charge on any atom is 0.263 e. The monoisotopic (exact) mass is 342 g/mol. The van der Waals surface area contributed by atoms with E-state index in [-0.39, 0.29) is 22.9 Å². The van der Waals surface area contributed by atoms with Crippen molar-refractivity contribution in [1.29, 1.82) is 5.26 Å². The van der Waals surface area contributed by atoms with Crippen LogP contribution >= 0.6 is 0 Å². The lowest BCUT2D eigenvalue weighted by Crippen LogP contribution is -2.56. The van der Waals surface area contributed by atoms with Crippen molar-refractivity contribution in [3.63, 3.8) is 0 Å². The van der Waals surface area contributed by atoms with E-state index in [1.54, 1.807) is 6.20 Å². The molecule has 136 valence electrons. The summed E-state index contributed by atoms with van der Waals surface area (Å²) >= 11 is 0. The number of hydrogen-bond donors (Lipinski definition) is 2. The highest BCUT2D eigenvalue weighted by molar-refractivity contribution is 5.97. The number of carbonyl (C=O) groups is 1. The van der Waals surface area contributed by atoms with Crippen molar-refractivity contribution in [3.05, 3.63) is 11.8 Å². The molecule has 5 rings (SSSR count). The Bertz CT molecular complexity index is 564. The van der Waals surface area contributed by atoms with Gasteiger partial charge in [-0.2, -0.15) is 5.26 Å². The fourth-order valence-corrected chi connectivity index (χ4v) is 6.27. The van der Waals surface area contributed by atoms with E-state index >= 15 is 0 Å². The lowest BCUT2D eigenvalue weighted by molar-refractivity contribution is -0.122. The minimum Gasteiger partial charge on any atom is -0.374 e. The van der Waals surface area contributed by atoms with Gasteiger partial charge in [-0.05, 0) is 68.6 Å². The van der Waals surface area contributed by atoms with E-state index in [4.69, 9.17) is 0 Å². The van der Waals surface area contributed by atoms with Gasteiger partial charge in [0.2, 0.25) is 0 Å². The van der Waals surface area contributed by atoms with Crippen LogP contribution in [0.5, 0.6) is 0 Å². The second-order valence-electron chi connectivity index (χ2n) is 8.92. The minimum absolute atomic E-state index is 0.160. The molecule has 1 unspecified atom stereocenters. The molecule has 4 saturated carbocycles. The second-order valence-corrected chi connectivity index (χ2v) is 8.92. The Labute approximate surface area is 150 Å². The summed E-state index contributed by atoms with van der Waals surface area (Å²) in [5, 5.41) is 15.9. The van der Waals surface area contributed by atoms with Gasteiger partial charge >= 0.3 is 0 Å². The second kappa shape index (κ2) is 6.64. The van der Waals surface area contributed by atoms with Crippen molar-refractivity contribution < 1.29 is 4.79 Å². The highest BCUT2D eigenvalue weighted by Crippen LogP contribution is 2.61. The highest BCUT2D eigenvalue weighted by Gasteiger charge is 2.53. The zero-order chi connectivity index (χ0) is 17.4. The SMILES string of the molecule is CC(NC(=O)/C(C#N)=C\N1CCNCC1)C12CC3CC(CC(C3)C1)C2. The zero-order valence-corrected chi connectivity index (χ0v) is 15.3. The lowest BCUT2D eigenvalue weighted by atomic mass is 9.48. The number of carbonyl (C=O) groups excluding carboxylic acids is 1. The Morgan fingerprint density at radius 3 is 2.28 bits per heavy atom. The van der Waals surface area contributed by atoms with Crippen LogP contribution in [0.3, 0.4) is 0 Å². The number of nitrogens with one attached hydrogen (secondary N) is 2. The van der Waals surface area contributed by atoms with Gasteiger partial charge in [0.15, 0.2) is 0 Å². The van der Waals surface area contributed by atoms with Crippen molar-refractivity contribution in [2.24, 2.45) is 23.2 Å². The molecule has 1 saturated heterocycles. The fraction of sp³-hybridized carbons (Fsp3) is 0.800. The number of rotatable bonds is 4. The summed E-state index contributed by atoms with van der Waals surface area (Å²) in [5.74, 6) is 2.43. The maximum atomic E-state index is 12.7. The first-order valence-corrected chi connectivity index (χ1v) is 9.95. The molecule has 5 aliphatic rings. The van der Waals surface area contributed by atoms with Gasteiger partial charge in [-0.15, -0.1) is 0 Å². The Hall–Kier alpha value is -1.54. The first kappa shape index (κ1) is 16.9. The molecule has 2 N–H and O–H groups in total. The van der Waals surface area contributed by atoms with Crippen LogP contribution in [0.15, 0.2) is 11.8 Å². The molecule has 0 aromatic carbocycles. The van der Waals surface area contributed by atoms with Crippen molar-refractivity contribution in [2.45, 2.75) is 51.5 Å². The third-order valence-corrected chi connectivity index (χ3v) is 7.18. The molecule has 1 heterocycles. The standard InChI is InChI=1S/C20H30N4O/c1-14(20-9-15-6-16(10-20)8-17(7-15)11-20)23-19(25)18(12-21)13-24-4-2-22-3-5-24/h13-17,22H,2-11H2,1H3,(H,23,25)/b18-13-. The quantitative estimate of drug-likeness (QED) is 0.606. The van der Waals surface area contributed by atoms with E-state index in [1.807, 2.05) is 0 Å². The van der Waals surface area contributed by atoms with Crippen LogP contribution < -0.4 is 10.6 Å². The Balaban J connectivity index is 1.43. The molecule has 5 heteroatoms. The molecule has 0 radical (unpaired) electrons. The van der Waals surface area contributed by atoms with Gasteiger partial charge in [0, 0.05) is 38.4 Å². The van der Waals surface area contributed by atoms with E-state index in [1.165, 1.54) is 38.5 Å². The van der Waals surface area contributed by atoms with E-state index in [0.717, 1.165) is 43.9 Å². The summed E-state index contributed by atoms with van der Waals surface area (Å²) in [5.41, 5.74) is 0.526. The number of nitrogens with zero attached hydrogens (tertiary/aromatic N) is 2. The molecular formula is C20H30N4O. The Morgan fingerprint density at radius 2 is 1.76 bits per heavy atom. The average molecular weight is 342 g/mol. The molecule has 0 aromatic heterocycles. The summed E-state index contributed by atoms with van der Waals surface area (Å²) < 4.78 is 0. The van der Waals surface area contributed by atoms with Gasteiger partial charge in [-0.3, -0.25) is 4.79 Å². The molecule has 25 heavy (non-hydrogen) atoms. The van der Waals surface area contributed by atoms with Gasteiger partial charge < -0.3 is 15.5 Å². The third-order valence-electron chi connectivity index (χ3n) is 7.18. The van der Waals surface area contributed by atoms with Crippen LogP contribution in [0, 0.1) is 34.5 Å². The Kier molecular flexibility index (Phi) is 4.49. The molecule has 5 fully saturated rings. The summed E-state index contributed by atoms with van der Waals surface area (Å²) in [6.45, 7) is 5.68. The molecule has 0 spiro atoms. The van der Waals surface area contributed by atoms with Gasteiger partial charge in [-0.1, -0.05) is 0 Å². The van der Waals surface area contributed by atoms with E-state index in [9.17, 15) is 10.1 Å². The average Bonchev–Trinajstić information content (AvgIpc) is 2.59. The fourth-order valence-electron chi connectivity index (χ4n) is 6.27. The number of amides is 1. The predicted octanol–water partition coefficient (Wildman–Crippen LogP) is 2.02. The molecule has 4 bridgehead atoms. The summed E-state index contributed by atoms with van der Waals surface area (Å²) in [4.78, 5) is 14.8. The van der Waals surface area contributed by atoms with Crippen LogP contribution in [0.1, 0.15) is 45.4 Å². The van der Waals surface area contributed by atoms with Crippen molar-refractivity contribution in [2.75, 3.05) is 26.2 Å². The summed E-state index contributed by atoms with van der Waals surface area (Å²) in [6.07, 6.45) is 9.78. The van der Waals surface area contributed by atoms with E-state index < -0.39 is 0 Å². The van der Waals surface area contributed by atoms with E-state index in [0.29, 0.717) is 0 Å². The van der Waals surface area contributed by atoms with Crippen LogP contribution in [0.4, 0.5) is 0 Å². The Morgan fingerprint density at radius 1 is 1.20 bits per heavy atom. The summed E-state index contributed by atoms with van der Waals surface area (Å²) in [6, 6.07) is 2.28. The van der Waals surface area contributed by atoms with Crippen molar-refractivity contribution >= 4 is 5.91 Å². The van der Waals surface area contributed by atoms with Gasteiger partial charge in [0.1, 0.15) is 11.6 Å². The minimum atomic E-state index is -0.190. The normalized spacial score (nSPS) is 38.3. The van der Waals surface area contributed by atoms with Crippen LogP contribution in [0.25, 0.3) is 0 Å². The number of nitriles is 1. The van der Waals surface area contributed by atoms with Crippen LogP contribution in [-0.4, -0.2) is 43.0 Å². The summed E-state index contributed by atoms with van der Waals surface area (Å²) in [7, 11) is 0. The van der Waals surface area contributed by atoms with E-state index in [2.05, 4.69) is 28.5 Å². The van der Waals surface area contributed by atoms with Gasteiger partial charge in [0.05, 0.1) is 0 Å². The largest absolute Gasteiger partial charge is 0.374 e. The molecule has 5 nitrogen and oxygen atoms in total. The number of piperazine rings is 1. The molecule has 1 atom stereocenters. The first-order valence-electron chi connectivity index (χ1n) is 9.95. The molecular weight excluding hydrogens is 312 g/mol. The van der Waals surface area contributed by atoms with Gasteiger partial charge in [0.25, 0.3) is 5.91 Å². The number of hydrogen-bond acceptors (Lipinski definition) is 4. The van der Waals surface area contributed by atoms with Crippen LogP contribution in [0.2, 0.25) is 0 Å². The highest BCUT2D eigenvalue weighted by atomic mass is 16.1. The molecule has 0 aromatic rings. The maximum absolute atomic E-state index is 12.7. The zero-order valence-electron chi connectivity index (χ0n) is 15.3.